The summed E-state index contributed by atoms with van der Waals surface area (Å²) < 4.78 is 0. The Balaban J connectivity index is 2.47. The predicted octanol–water partition coefficient (Wildman–Crippen LogP) is 3.26. The maximum Gasteiger partial charge on any atom is 0.0331 e. The molecule has 17 heavy (non-hydrogen) atoms. The summed E-state index contributed by atoms with van der Waals surface area (Å²) in [6, 6.07) is 4.49. The fraction of sp³-hybridized carbons (Fsp3) is 0.571. The summed E-state index contributed by atoms with van der Waals surface area (Å²) >= 11 is 1.91. The number of hydrogen-bond acceptors (Lipinski definition) is 3. The zero-order valence-corrected chi connectivity index (χ0v) is 11.9. The molecule has 0 spiro atoms. The van der Waals surface area contributed by atoms with Crippen molar-refractivity contribution in [2.75, 3.05) is 19.6 Å². The van der Waals surface area contributed by atoms with Crippen LogP contribution in [0.5, 0.6) is 0 Å². The lowest BCUT2D eigenvalue weighted by atomic mass is 10.3. The van der Waals surface area contributed by atoms with Crippen LogP contribution in [-0.2, 0) is 13.1 Å². The zero-order valence-electron chi connectivity index (χ0n) is 11.0. The molecule has 1 N–H and O–H groups in total. The molecule has 0 aliphatic rings. The molecule has 1 aromatic heterocycles. The molecule has 0 amide bonds. The van der Waals surface area contributed by atoms with E-state index in [1.807, 2.05) is 17.4 Å². The molecule has 1 rings (SSSR count). The molecule has 2 nitrogen and oxygen atoms in total. The highest BCUT2D eigenvalue weighted by molar-refractivity contribution is 7.11. The van der Waals surface area contributed by atoms with E-state index in [9.17, 15) is 0 Å². The molecule has 1 aromatic rings. The van der Waals surface area contributed by atoms with Crippen LogP contribution in [0.25, 0.3) is 0 Å². The second kappa shape index (κ2) is 8.45. The standard InChI is InChI=1S/C14H24N2S/c1-4-9-16(10-5-2)12-14-8-7-13(17-14)11-15-6-3/h4,7-8,15H,1,5-6,9-12H2,2-3H3. The molecule has 96 valence electrons. The normalized spacial score (nSPS) is 11.0. The quantitative estimate of drug-likeness (QED) is 0.679. The van der Waals surface area contributed by atoms with Crippen molar-refractivity contribution in [2.24, 2.45) is 0 Å². The summed E-state index contributed by atoms with van der Waals surface area (Å²) in [6.07, 6.45) is 3.19. The summed E-state index contributed by atoms with van der Waals surface area (Å²) in [5.41, 5.74) is 0. The molecule has 0 saturated heterocycles. The van der Waals surface area contributed by atoms with Crippen LogP contribution in [0.3, 0.4) is 0 Å². The van der Waals surface area contributed by atoms with Gasteiger partial charge in [-0.15, -0.1) is 17.9 Å². The van der Waals surface area contributed by atoms with Gasteiger partial charge in [-0.05, 0) is 31.6 Å². The maximum atomic E-state index is 3.82. The summed E-state index contributed by atoms with van der Waals surface area (Å²) in [5, 5.41) is 3.36. The van der Waals surface area contributed by atoms with Gasteiger partial charge >= 0.3 is 0 Å². The highest BCUT2D eigenvalue weighted by Crippen LogP contribution is 2.18. The molecule has 0 unspecified atom stereocenters. The minimum Gasteiger partial charge on any atom is -0.312 e. The number of rotatable bonds is 9. The van der Waals surface area contributed by atoms with Crippen molar-refractivity contribution < 1.29 is 0 Å². The largest absolute Gasteiger partial charge is 0.312 e. The minimum absolute atomic E-state index is 0.980. The molecule has 0 radical (unpaired) electrons. The second-order valence-corrected chi connectivity index (χ2v) is 5.43. The van der Waals surface area contributed by atoms with Crippen LogP contribution in [0.15, 0.2) is 24.8 Å². The highest BCUT2D eigenvalue weighted by Gasteiger charge is 2.05. The van der Waals surface area contributed by atoms with Crippen molar-refractivity contribution in [2.45, 2.75) is 33.4 Å². The minimum atomic E-state index is 0.980. The molecular formula is C14H24N2S. The Morgan fingerprint density at radius 3 is 2.76 bits per heavy atom. The number of thiophene rings is 1. The monoisotopic (exact) mass is 252 g/mol. The molecule has 0 aliphatic heterocycles. The molecule has 0 fully saturated rings. The topological polar surface area (TPSA) is 15.3 Å². The average Bonchev–Trinajstić information content (AvgIpc) is 2.75. The van der Waals surface area contributed by atoms with Crippen molar-refractivity contribution in [3.05, 3.63) is 34.5 Å². The summed E-state index contributed by atoms with van der Waals surface area (Å²) in [7, 11) is 0. The molecule has 0 aliphatic carbocycles. The first-order valence-electron chi connectivity index (χ1n) is 6.41. The van der Waals surface area contributed by atoms with Gasteiger partial charge in [-0.2, -0.15) is 0 Å². The SMILES string of the molecule is C=CCN(CCC)Cc1ccc(CNCC)s1. The molecule has 1 heterocycles. The van der Waals surface area contributed by atoms with Gasteiger partial charge in [0.25, 0.3) is 0 Å². The van der Waals surface area contributed by atoms with Crippen LogP contribution in [0.4, 0.5) is 0 Å². The lowest BCUT2D eigenvalue weighted by Crippen LogP contribution is -2.23. The smallest absolute Gasteiger partial charge is 0.0331 e. The summed E-state index contributed by atoms with van der Waals surface area (Å²) in [6.45, 7) is 13.4. The van der Waals surface area contributed by atoms with E-state index in [-0.39, 0.29) is 0 Å². The van der Waals surface area contributed by atoms with E-state index in [1.165, 1.54) is 16.2 Å². The van der Waals surface area contributed by atoms with Crippen molar-refractivity contribution >= 4 is 11.3 Å². The Bertz CT molecular complexity index is 320. The van der Waals surface area contributed by atoms with Crippen LogP contribution in [0, 0.1) is 0 Å². The molecule has 3 heteroatoms. The Morgan fingerprint density at radius 2 is 2.12 bits per heavy atom. The Labute approximate surface area is 109 Å². The maximum absolute atomic E-state index is 3.82. The lowest BCUT2D eigenvalue weighted by Gasteiger charge is -2.18. The first-order valence-corrected chi connectivity index (χ1v) is 7.23. The van der Waals surface area contributed by atoms with Gasteiger partial charge in [0.15, 0.2) is 0 Å². The van der Waals surface area contributed by atoms with E-state index in [0.717, 1.165) is 32.7 Å². The van der Waals surface area contributed by atoms with E-state index < -0.39 is 0 Å². The van der Waals surface area contributed by atoms with Crippen molar-refractivity contribution in [3.8, 4) is 0 Å². The third-order valence-electron chi connectivity index (χ3n) is 2.57. The van der Waals surface area contributed by atoms with Gasteiger partial charge in [-0.1, -0.05) is 19.9 Å². The Kier molecular flexibility index (Phi) is 7.17. The average molecular weight is 252 g/mol. The van der Waals surface area contributed by atoms with Gasteiger partial charge in [-0.25, -0.2) is 0 Å². The molecular weight excluding hydrogens is 228 g/mol. The van der Waals surface area contributed by atoms with Crippen molar-refractivity contribution in [1.29, 1.82) is 0 Å². The van der Waals surface area contributed by atoms with Gasteiger partial charge in [0.2, 0.25) is 0 Å². The van der Waals surface area contributed by atoms with Crippen molar-refractivity contribution in [3.63, 3.8) is 0 Å². The number of nitrogens with one attached hydrogen (secondary N) is 1. The third kappa shape index (κ3) is 5.48. The van der Waals surface area contributed by atoms with Gasteiger partial charge in [0.05, 0.1) is 0 Å². The van der Waals surface area contributed by atoms with Crippen LogP contribution in [-0.4, -0.2) is 24.5 Å². The molecule has 0 saturated carbocycles. The third-order valence-corrected chi connectivity index (χ3v) is 3.64. The fourth-order valence-corrected chi connectivity index (χ4v) is 2.83. The second-order valence-electron chi connectivity index (χ2n) is 4.17. The number of hydrogen-bond donors (Lipinski definition) is 1. The molecule has 0 bridgehead atoms. The van der Waals surface area contributed by atoms with Crippen LogP contribution < -0.4 is 5.32 Å². The van der Waals surface area contributed by atoms with Crippen molar-refractivity contribution in [1.82, 2.24) is 10.2 Å². The van der Waals surface area contributed by atoms with E-state index >= 15 is 0 Å². The fourth-order valence-electron chi connectivity index (χ4n) is 1.80. The summed E-state index contributed by atoms with van der Waals surface area (Å²) in [4.78, 5) is 5.32. The summed E-state index contributed by atoms with van der Waals surface area (Å²) in [5.74, 6) is 0. The van der Waals surface area contributed by atoms with Crippen LogP contribution in [0.1, 0.15) is 30.0 Å². The van der Waals surface area contributed by atoms with Gasteiger partial charge < -0.3 is 5.32 Å². The van der Waals surface area contributed by atoms with Gasteiger partial charge in [-0.3, -0.25) is 4.90 Å². The Hall–Kier alpha value is -0.640. The first kappa shape index (κ1) is 14.4. The molecule has 0 aromatic carbocycles. The van der Waals surface area contributed by atoms with Crippen LogP contribution in [0.2, 0.25) is 0 Å². The van der Waals surface area contributed by atoms with Gasteiger partial charge in [0.1, 0.15) is 0 Å². The first-order chi connectivity index (χ1) is 8.30. The van der Waals surface area contributed by atoms with Gasteiger partial charge in [0, 0.05) is 29.4 Å². The van der Waals surface area contributed by atoms with E-state index in [1.54, 1.807) is 0 Å². The highest BCUT2D eigenvalue weighted by atomic mass is 32.1. The number of nitrogens with zero attached hydrogens (tertiary/aromatic N) is 1. The zero-order chi connectivity index (χ0) is 12.5. The molecule has 0 atom stereocenters. The van der Waals surface area contributed by atoms with Crippen LogP contribution >= 0.6 is 11.3 Å². The van der Waals surface area contributed by atoms with E-state index in [2.05, 4.69) is 42.8 Å². The van der Waals surface area contributed by atoms with E-state index in [0.29, 0.717) is 0 Å². The Morgan fingerprint density at radius 1 is 1.35 bits per heavy atom. The predicted molar refractivity (Wildman–Crippen MR) is 77.5 cm³/mol. The lowest BCUT2D eigenvalue weighted by molar-refractivity contribution is 0.298. The van der Waals surface area contributed by atoms with E-state index in [4.69, 9.17) is 0 Å².